The number of unbranched alkanes of at least 4 members (excludes halogenated alkanes) is 1. The van der Waals surface area contributed by atoms with E-state index in [1.54, 1.807) is 0 Å². The molecule has 0 bridgehead atoms. The fraction of sp³-hybridized carbons (Fsp3) is 0.469. The van der Waals surface area contributed by atoms with Gasteiger partial charge in [0.2, 0.25) is 5.06 Å². The first-order valence-corrected chi connectivity index (χ1v) is 32.9. The Morgan fingerprint density at radius 2 is 0.947 bits per heavy atom. The van der Waals surface area contributed by atoms with Crippen LogP contribution in [-0.4, -0.2) is 70.1 Å². The third-order valence-corrected chi connectivity index (χ3v) is 41.7. The van der Waals surface area contributed by atoms with Crippen molar-refractivity contribution in [2.45, 2.75) is 113 Å². The average molecular weight is 952 g/mol. The van der Waals surface area contributed by atoms with E-state index in [1.165, 1.54) is 79.6 Å². The monoisotopic (exact) mass is 951 g/mol. The summed E-state index contributed by atoms with van der Waals surface area (Å²) in [6.45, 7) is 23.0. The van der Waals surface area contributed by atoms with Crippen LogP contribution in [0.2, 0.25) is 0 Å². The van der Waals surface area contributed by atoms with E-state index in [9.17, 15) is 0 Å². The van der Waals surface area contributed by atoms with Crippen molar-refractivity contribution < 1.29 is 0 Å². The summed E-state index contributed by atoms with van der Waals surface area (Å²) < 4.78 is 9.22. The molecule has 6 atom stereocenters. The van der Waals surface area contributed by atoms with Gasteiger partial charge in [0, 0.05) is 7.05 Å². The van der Waals surface area contributed by atoms with Crippen LogP contribution in [0.25, 0.3) is 0 Å². The Morgan fingerprint density at radius 3 is 1.35 bits per heavy atom. The number of benzene rings is 4. The second kappa shape index (κ2) is 18.5. The minimum absolute atomic E-state index is 0.436. The van der Waals surface area contributed by atoms with Gasteiger partial charge in [0.25, 0.3) is 0 Å². The molecule has 0 amide bonds. The van der Waals surface area contributed by atoms with Crippen LogP contribution in [0.1, 0.15) is 102 Å². The summed E-state index contributed by atoms with van der Waals surface area (Å²) in [5.41, 5.74) is 7.05. The third kappa shape index (κ3) is 7.87. The lowest BCUT2D eigenvalue weighted by atomic mass is 10.0. The fourth-order valence-corrected chi connectivity index (χ4v) is 36.4. The fourth-order valence-electron chi connectivity index (χ4n) is 11.2. The SMILES string of the molecule is C=C[P+]1(N(CCCCN(N(C)[P+]2(C)[C@H](C)CC[C@H]2C)[P+]2(C)[C@H](C)CC[C@H]2C)[P+](I)(c2ccccc2)c2ccccc2)[C@H](c2ccccc2)CC[C@H]1c1ccccc1. The number of rotatable bonds is 15. The predicted octanol–water partition coefficient (Wildman–Crippen LogP) is 14.8. The molecule has 3 heterocycles. The zero-order valence-electron chi connectivity index (χ0n) is 35.9. The first-order chi connectivity index (χ1) is 27.4. The second-order valence-electron chi connectivity index (χ2n) is 17.8. The van der Waals surface area contributed by atoms with Crippen molar-refractivity contribution in [2.75, 3.05) is 33.5 Å². The van der Waals surface area contributed by atoms with Crippen LogP contribution in [0, 0.1) is 0 Å². The smallest absolute Gasteiger partial charge is 0.0870 e. The van der Waals surface area contributed by atoms with E-state index in [-0.39, 0.29) is 0 Å². The van der Waals surface area contributed by atoms with Crippen LogP contribution in [-0.2, 0) is 0 Å². The molecule has 0 saturated carbocycles. The molecule has 0 aromatic heterocycles. The highest BCUT2D eigenvalue weighted by Crippen LogP contribution is 2.94. The molecule has 57 heavy (non-hydrogen) atoms. The zero-order chi connectivity index (χ0) is 40.4. The topological polar surface area (TPSA) is 9.72 Å². The summed E-state index contributed by atoms with van der Waals surface area (Å²) in [7, 11) is -2.26. The van der Waals surface area contributed by atoms with Gasteiger partial charge in [0.1, 0.15) is 36.8 Å². The normalized spacial score (nSPS) is 26.7. The highest BCUT2D eigenvalue weighted by atomic mass is 127. The first kappa shape index (κ1) is 44.0. The van der Waals surface area contributed by atoms with Crippen LogP contribution in [0.4, 0.5) is 0 Å². The minimum atomic E-state index is -2.14. The molecule has 0 N–H and O–H groups in total. The molecule has 3 fully saturated rings. The van der Waals surface area contributed by atoms with Crippen molar-refractivity contribution >= 4 is 59.9 Å². The highest BCUT2D eigenvalue weighted by Gasteiger charge is 2.70. The molecular weight excluding hydrogens is 881 g/mol. The molecule has 3 aliphatic heterocycles. The van der Waals surface area contributed by atoms with Crippen LogP contribution in [0.5, 0.6) is 0 Å². The minimum Gasteiger partial charge on any atom is -0.0870 e. The molecule has 7 rings (SSSR count). The molecule has 0 spiro atoms. The summed E-state index contributed by atoms with van der Waals surface area (Å²) in [4.78, 5) is 0. The second-order valence-corrected chi connectivity index (χ2v) is 37.5. The van der Waals surface area contributed by atoms with Crippen molar-refractivity contribution in [3.05, 3.63) is 145 Å². The van der Waals surface area contributed by atoms with Crippen LogP contribution < -0.4 is 10.6 Å². The van der Waals surface area contributed by atoms with Gasteiger partial charge < -0.3 is 0 Å². The van der Waals surface area contributed by atoms with Crippen molar-refractivity contribution in [3.8, 4) is 0 Å². The van der Waals surface area contributed by atoms with Crippen LogP contribution >= 0.6 is 49.3 Å². The third-order valence-electron chi connectivity index (χ3n) is 15.3. The molecule has 3 aliphatic rings. The maximum atomic E-state index is 4.93. The Hall–Kier alpha value is -1.05. The zero-order valence-corrected chi connectivity index (χ0v) is 41.6. The molecule has 3 saturated heterocycles. The van der Waals surface area contributed by atoms with E-state index in [4.69, 9.17) is 6.58 Å². The van der Waals surface area contributed by atoms with E-state index in [1.807, 2.05) is 0 Å². The number of halogens is 1. The van der Waals surface area contributed by atoms with Crippen molar-refractivity contribution in [1.29, 1.82) is 0 Å². The van der Waals surface area contributed by atoms with Crippen LogP contribution in [0.15, 0.2) is 134 Å². The molecule has 0 unspecified atom stereocenters. The number of hydrazine groups is 1. The lowest BCUT2D eigenvalue weighted by molar-refractivity contribution is 0.198. The molecular formula is C49H70IN3P4+4. The van der Waals surface area contributed by atoms with Crippen molar-refractivity contribution in [2.24, 2.45) is 0 Å². The Bertz CT molecular complexity index is 1790. The van der Waals surface area contributed by atoms with Crippen molar-refractivity contribution in [1.82, 2.24) is 14.0 Å². The summed E-state index contributed by atoms with van der Waals surface area (Å²) in [6, 6.07) is 46.4. The van der Waals surface area contributed by atoms with Gasteiger partial charge >= 0.3 is 0 Å². The maximum Gasteiger partial charge on any atom is 0.246 e. The summed E-state index contributed by atoms with van der Waals surface area (Å²) >= 11 is 3.00. The molecule has 3 nitrogen and oxygen atoms in total. The summed E-state index contributed by atoms with van der Waals surface area (Å²) in [5, 5.41) is 0.800. The molecule has 0 radical (unpaired) electrons. The van der Waals surface area contributed by atoms with Gasteiger partial charge in [-0.3, -0.25) is 0 Å². The standard InChI is InChI=1S/C49H70IN3P4/c1-9-56(48(44-24-14-10-15-25-44)36-37-49(56)45-26-16-11-17-27-45)53(57(50,46-28-18-12-19-29-46)47-30-20-13-21-31-47)39-23-22-38-52(55(8)42(4)34-35-43(55)5)51(6)54(7)40(2)32-33-41(54)3/h9-21,24-31,40-43,48-49H,1,22-23,32-39H2,2-8H3/q+4/t40-,41-,42-,43-,48+,49+/m1/s1. The Balaban J connectivity index is 1.34. The Labute approximate surface area is 362 Å². The lowest BCUT2D eigenvalue weighted by Gasteiger charge is -2.46. The largest absolute Gasteiger partial charge is 0.246 e. The average Bonchev–Trinajstić information content (AvgIpc) is 3.86. The molecule has 4 aromatic carbocycles. The van der Waals surface area contributed by atoms with E-state index in [0.717, 1.165) is 29.2 Å². The maximum absolute atomic E-state index is 4.93. The van der Waals surface area contributed by atoms with Gasteiger partial charge in [0.05, 0.1) is 54.9 Å². The van der Waals surface area contributed by atoms with Gasteiger partial charge in [0.15, 0.2) is 29.5 Å². The molecule has 304 valence electrons. The molecule has 8 heteroatoms. The van der Waals surface area contributed by atoms with Crippen molar-refractivity contribution in [3.63, 3.8) is 0 Å². The van der Waals surface area contributed by atoms with E-state index < -0.39 is 27.3 Å². The molecule has 4 aromatic rings. The summed E-state index contributed by atoms with van der Waals surface area (Å²) in [5.74, 6) is 2.54. The first-order valence-electron chi connectivity index (χ1n) is 21.8. The van der Waals surface area contributed by atoms with E-state index in [0.29, 0.717) is 11.3 Å². The number of nitrogens with zero attached hydrogens (tertiary/aromatic N) is 3. The van der Waals surface area contributed by atoms with Gasteiger partial charge in [-0.15, -0.1) is 0 Å². The van der Waals surface area contributed by atoms with Gasteiger partial charge in [-0.2, -0.15) is 0 Å². The number of hydrogen-bond acceptors (Lipinski definition) is 3. The highest BCUT2D eigenvalue weighted by molar-refractivity contribution is 14.2. The van der Waals surface area contributed by atoms with Gasteiger partial charge in [-0.1, -0.05) is 113 Å². The Kier molecular flexibility index (Phi) is 14.3. The summed E-state index contributed by atoms with van der Waals surface area (Å²) in [6.07, 6.45) is 10.3. The van der Waals surface area contributed by atoms with Gasteiger partial charge in [-0.05, 0) is 119 Å². The van der Waals surface area contributed by atoms with E-state index >= 15 is 0 Å². The van der Waals surface area contributed by atoms with Crippen LogP contribution in [0.3, 0.4) is 0 Å². The lowest BCUT2D eigenvalue weighted by Crippen LogP contribution is -2.45. The Morgan fingerprint density at radius 1 is 0.579 bits per heavy atom. The number of hydrogen-bond donors (Lipinski definition) is 0. The quantitative estimate of drug-likeness (QED) is 0.0509. The molecule has 0 aliphatic carbocycles. The van der Waals surface area contributed by atoms with Gasteiger partial charge in [-0.25, -0.2) is 0 Å². The predicted molar refractivity (Wildman–Crippen MR) is 270 cm³/mol. The van der Waals surface area contributed by atoms with E-state index in [2.05, 4.69) is 211 Å².